The normalized spacial score (nSPS) is 12.7. The van der Waals surface area contributed by atoms with Gasteiger partial charge in [-0.2, -0.15) is 4.98 Å². The van der Waals surface area contributed by atoms with Crippen LogP contribution in [0.4, 0.5) is 5.69 Å². The van der Waals surface area contributed by atoms with Gasteiger partial charge in [0.25, 0.3) is 5.89 Å². The third-order valence-electron chi connectivity index (χ3n) is 5.70. The van der Waals surface area contributed by atoms with Crippen LogP contribution in [0.15, 0.2) is 59.3 Å². The van der Waals surface area contributed by atoms with Crippen molar-refractivity contribution in [3.8, 4) is 40.2 Å². The van der Waals surface area contributed by atoms with Gasteiger partial charge in [-0.15, -0.1) is 0 Å². The molecule has 5 rings (SSSR count). The highest BCUT2D eigenvalue weighted by molar-refractivity contribution is 5.95. The first-order valence-corrected chi connectivity index (χ1v) is 10.8. The van der Waals surface area contributed by atoms with Crippen molar-refractivity contribution < 1.29 is 23.5 Å². The number of carbonyl (C=O) groups is 1. The van der Waals surface area contributed by atoms with Crippen LogP contribution in [0.3, 0.4) is 0 Å². The van der Waals surface area contributed by atoms with E-state index in [-0.39, 0.29) is 12.5 Å². The number of anilines is 1. The molecule has 2 aromatic heterocycles. The van der Waals surface area contributed by atoms with Crippen LogP contribution in [0.5, 0.6) is 17.2 Å². The summed E-state index contributed by atoms with van der Waals surface area (Å²) in [5, 5.41) is 4.12. The predicted molar refractivity (Wildman–Crippen MR) is 125 cm³/mol. The number of aryl methyl sites for hydroxylation is 1. The highest BCUT2D eigenvalue weighted by Gasteiger charge is 2.25. The number of rotatable bonds is 6. The average Bonchev–Trinajstić information content (AvgIpc) is 3.52. The molecule has 1 aliphatic heterocycles. The van der Waals surface area contributed by atoms with Gasteiger partial charge in [0.2, 0.25) is 11.7 Å². The summed E-state index contributed by atoms with van der Waals surface area (Å²) in [4.78, 5) is 19.5. The number of hydrogen-bond donors (Lipinski definition) is 0. The molecule has 1 aliphatic rings. The van der Waals surface area contributed by atoms with E-state index in [2.05, 4.69) is 10.1 Å². The van der Waals surface area contributed by atoms with Crippen LogP contribution in [0.25, 0.3) is 23.0 Å². The largest absolute Gasteiger partial charge is 0.493 e. The smallest absolute Gasteiger partial charge is 0.274 e. The minimum absolute atomic E-state index is 0.0489. The number of methoxy groups -OCH3 is 2. The second-order valence-corrected chi connectivity index (χ2v) is 7.88. The minimum atomic E-state index is -0.0489. The minimum Gasteiger partial charge on any atom is -0.493 e. The molecule has 0 atom stereocenters. The van der Waals surface area contributed by atoms with Crippen molar-refractivity contribution in [2.45, 2.75) is 13.5 Å². The van der Waals surface area contributed by atoms with Crippen LogP contribution in [0.1, 0.15) is 5.56 Å². The summed E-state index contributed by atoms with van der Waals surface area (Å²) < 4.78 is 23.7. The number of amides is 1. The van der Waals surface area contributed by atoms with Gasteiger partial charge in [-0.3, -0.25) is 4.79 Å². The van der Waals surface area contributed by atoms with Crippen LogP contribution in [0, 0.1) is 6.92 Å². The van der Waals surface area contributed by atoms with E-state index in [1.807, 2.05) is 49.5 Å². The Kier molecular flexibility index (Phi) is 5.67. The maximum atomic E-state index is 13.2. The number of nitrogens with zero attached hydrogens (tertiary/aromatic N) is 4. The topological polar surface area (TPSA) is 91.9 Å². The first kappa shape index (κ1) is 21.6. The molecular weight excluding hydrogens is 436 g/mol. The van der Waals surface area contributed by atoms with Gasteiger partial charge < -0.3 is 28.2 Å². The molecule has 0 aliphatic carbocycles. The second-order valence-electron chi connectivity index (χ2n) is 7.88. The molecule has 0 spiro atoms. The van der Waals surface area contributed by atoms with E-state index < -0.39 is 0 Å². The van der Waals surface area contributed by atoms with Gasteiger partial charge in [-0.25, -0.2) is 0 Å². The summed E-state index contributed by atoms with van der Waals surface area (Å²) in [5.74, 6) is 2.58. The van der Waals surface area contributed by atoms with Crippen molar-refractivity contribution in [3.63, 3.8) is 0 Å². The summed E-state index contributed by atoms with van der Waals surface area (Å²) in [6.07, 6.45) is 1.82. The number of carbonyl (C=O) groups excluding carboxylic acids is 1. The molecule has 4 aromatic rings. The summed E-state index contributed by atoms with van der Waals surface area (Å²) in [7, 11) is 3.15. The van der Waals surface area contributed by atoms with Gasteiger partial charge in [0.1, 0.15) is 24.6 Å². The molecule has 3 heterocycles. The Bertz CT molecular complexity index is 1340. The number of fused-ring (bicyclic) bond motifs is 1. The fourth-order valence-corrected chi connectivity index (χ4v) is 3.98. The van der Waals surface area contributed by atoms with Crippen molar-refractivity contribution >= 4 is 11.6 Å². The van der Waals surface area contributed by atoms with Crippen LogP contribution in [0.2, 0.25) is 0 Å². The van der Waals surface area contributed by atoms with Gasteiger partial charge in [-0.05, 0) is 55.0 Å². The molecule has 1 amide bonds. The summed E-state index contributed by atoms with van der Waals surface area (Å²) in [6, 6.07) is 14.9. The van der Waals surface area contributed by atoms with Gasteiger partial charge in [0.15, 0.2) is 11.5 Å². The number of benzene rings is 2. The fraction of sp³-hybridized carbons (Fsp3) is 0.240. The van der Waals surface area contributed by atoms with Crippen LogP contribution in [-0.4, -0.2) is 48.0 Å². The standard InChI is InChI=1S/C25H24N4O5/c1-16-6-8-20-19(13-16)29(11-12-33-20)23(30)15-28-10-4-5-18(28)25-26-24(27-34-25)17-7-9-21(31-2)22(14-17)32-3/h4-10,13-14H,11-12,15H2,1-3H3. The quantitative estimate of drug-likeness (QED) is 0.430. The molecule has 0 unspecified atom stereocenters. The van der Waals surface area contributed by atoms with Crippen LogP contribution in [-0.2, 0) is 11.3 Å². The van der Waals surface area contributed by atoms with Crippen molar-refractivity contribution in [2.75, 3.05) is 32.3 Å². The van der Waals surface area contributed by atoms with E-state index in [9.17, 15) is 4.79 Å². The third-order valence-corrected chi connectivity index (χ3v) is 5.70. The molecule has 9 nitrogen and oxygen atoms in total. The Hall–Kier alpha value is -4.27. The van der Waals surface area contributed by atoms with Gasteiger partial charge in [-0.1, -0.05) is 11.2 Å². The van der Waals surface area contributed by atoms with Gasteiger partial charge >= 0.3 is 0 Å². The van der Waals surface area contributed by atoms with Crippen molar-refractivity contribution in [1.29, 1.82) is 0 Å². The lowest BCUT2D eigenvalue weighted by atomic mass is 10.1. The molecule has 9 heteroatoms. The lowest BCUT2D eigenvalue weighted by Crippen LogP contribution is -2.39. The zero-order valence-electron chi connectivity index (χ0n) is 19.1. The van der Waals surface area contributed by atoms with E-state index in [1.54, 1.807) is 35.8 Å². The zero-order chi connectivity index (χ0) is 23.7. The predicted octanol–water partition coefficient (Wildman–Crippen LogP) is 3.96. The molecular formula is C25H24N4O5. The lowest BCUT2D eigenvalue weighted by molar-refractivity contribution is -0.119. The molecule has 0 fully saturated rings. The van der Waals surface area contributed by atoms with Crippen molar-refractivity contribution in [3.05, 3.63) is 60.3 Å². The Morgan fingerprint density at radius 2 is 1.94 bits per heavy atom. The SMILES string of the molecule is COc1ccc(-c2noc(-c3cccn3CC(=O)N3CCOc4ccc(C)cc43)n2)cc1OC. The Morgan fingerprint density at radius 1 is 1.09 bits per heavy atom. The molecule has 34 heavy (non-hydrogen) atoms. The maximum Gasteiger partial charge on any atom is 0.274 e. The highest BCUT2D eigenvalue weighted by Crippen LogP contribution is 2.34. The fourth-order valence-electron chi connectivity index (χ4n) is 3.98. The van der Waals surface area contributed by atoms with Crippen molar-refractivity contribution in [1.82, 2.24) is 14.7 Å². The number of hydrogen-bond acceptors (Lipinski definition) is 7. The molecule has 0 N–H and O–H groups in total. The molecule has 0 saturated carbocycles. The first-order chi connectivity index (χ1) is 16.6. The van der Waals surface area contributed by atoms with Gasteiger partial charge in [0.05, 0.1) is 26.5 Å². The van der Waals surface area contributed by atoms with E-state index in [4.69, 9.17) is 18.7 Å². The monoisotopic (exact) mass is 460 g/mol. The van der Waals surface area contributed by atoms with E-state index >= 15 is 0 Å². The summed E-state index contributed by atoms with van der Waals surface area (Å²) >= 11 is 0. The van der Waals surface area contributed by atoms with Crippen molar-refractivity contribution in [2.24, 2.45) is 0 Å². The maximum absolute atomic E-state index is 13.2. The highest BCUT2D eigenvalue weighted by atomic mass is 16.5. The summed E-state index contributed by atoms with van der Waals surface area (Å²) in [5.41, 5.74) is 3.24. The number of aromatic nitrogens is 3. The average molecular weight is 460 g/mol. The molecule has 174 valence electrons. The molecule has 0 saturated heterocycles. The number of ether oxygens (including phenoxy) is 3. The summed E-state index contributed by atoms with van der Waals surface area (Å²) in [6.45, 7) is 3.07. The van der Waals surface area contributed by atoms with E-state index in [0.717, 1.165) is 22.6 Å². The Morgan fingerprint density at radius 3 is 2.76 bits per heavy atom. The van der Waals surface area contributed by atoms with E-state index in [1.165, 1.54) is 0 Å². The Balaban J connectivity index is 1.39. The Labute approximate surface area is 196 Å². The second kappa shape index (κ2) is 8.93. The lowest BCUT2D eigenvalue weighted by Gasteiger charge is -2.30. The molecule has 0 radical (unpaired) electrons. The van der Waals surface area contributed by atoms with E-state index in [0.29, 0.717) is 42.1 Å². The zero-order valence-corrected chi connectivity index (χ0v) is 19.1. The molecule has 2 aromatic carbocycles. The van der Waals surface area contributed by atoms with Gasteiger partial charge in [0, 0.05) is 11.8 Å². The van der Waals surface area contributed by atoms with Crippen LogP contribution < -0.4 is 19.1 Å². The third kappa shape index (κ3) is 3.96. The van der Waals surface area contributed by atoms with Crippen LogP contribution >= 0.6 is 0 Å². The first-order valence-electron chi connectivity index (χ1n) is 10.8. The molecule has 0 bridgehead atoms.